The Labute approximate surface area is 110 Å². The zero-order chi connectivity index (χ0) is 13.1. The van der Waals surface area contributed by atoms with E-state index >= 15 is 0 Å². The van der Waals surface area contributed by atoms with E-state index in [1.165, 1.54) is 27.8 Å². The van der Waals surface area contributed by atoms with E-state index in [2.05, 4.69) is 50.9 Å². The molecule has 18 heavy (non-hydrogen) atoms. The number of hydrogen-bond donors (Lipinski definition) is 0. The van der Waals surface area contributed by atoms with Crippen molar-refractivity contribution < 1.29 is 0 Å². The van der Waals surface area contributed by atoms with Crippen molar-refractivity contribution in [2.45, 2.75) is 34.1 Å². The van der Waals surface area contributed by atoms with Crippen molar-refractivity contribution in [2.24, 2.45) is 5.92 Å². The monoisotopic (exact) mass is 239 g/mol. The minimum atomic E-state index is 0.687. The third-order valence-corrected chi connectivity index (χ3v) is 3.42. The van der Waals surface area contributed by atoms with Crippen LogP contribution in [-0.2, 0) is 6.42 Å². The number of aryl methyl sites for hydroxylation is 1. The van der Waals surface area contributed by atoms with Crippen molar-refractivity contribution in [3.8, 4) is 11.1 Å². The van der Waals surface area contributed by atoms with Crippen LogP contribution in [0.3, 0.4) is 0 Å². The molecule has 0 amide bonds. The molecule has 1 heterocycles. The van der Waals surface area contributed by atoms with Crippen LogP contribution in [-0.4, -0.2) is 4.98 Å². The van der Waals surface area contributed by atoms with Gasteiger partial charge < -0.3 is 0 Å². The molecule has 0 spiro atoms. The van der Waals surface area contributed by atoms with Crippen LogP contribution < -0.4 is 0 Å². The Balaban J connectivity index is 2.51. The lowest BCUT2D eigenvalue weighted by molar-refractivity contribution is 0.642. The predicted molar refractivity (Wildman–Crippen MR) is 77.7 cm³/mol. The van der Waals surface area contributed by atoms with Crippen LogP contribution in [0, 0.1) is 19.8 Å². The summed E-state index contributed by atoms with van der Waals surface area (Å²) in [7, 11) is 0. The lowest BCUT2D eigenvalue weighted by atomic mass is 9.89. The lowest BCUT2D eigenvalue weighted by Crippen LogP contribution is -2.01. The number of pyridine rings is 1. The topological polar surface area (TPSA) is 12.9 Å². The molecule has 0 fully saturated rings. The van der Waals surface area contributed by atoms with Gasteiger partial charge in [0.25, 0.3) is 0 Å². The molecule has 94 valence electrons. The maximum absolute atomic E-state index is 4.22. The molecule has 0 radical (unpaired) electrons. The molecule has 2 rings (SSSR count). The number of benzene rings is 1. The van der Waals surface area contributed by atoms with E-state index in [0.29, 0.717) is 5.92 Å². The first kappa shape index (κ1) is 12.8. The molecule has 0 aliphatic heterocycles. The molecule has 2 aromatic rings. The highest BCUT2D eigenvalue weighted by molar-refractivity contribution is 5.68. The van der Waals surface area contributed by atoms with E-state index in [9.17, 15) is 0 Å². The normalized spacial score (nSPS) is 10.9. The second kappa shape index (κ2) is 5.34. The van der Waals surface area contributed by atoms with Crippen LogP contribution in [0.2, 0.25) is 0 Å². The van der Waals surface area contributed by atoms with Crippen molar-refractivity contribution in [2.75, 3.05) is 0 Å². The van der Waals surface area contributed by atoms with E-state index < -0.39 is 0 Å². The molecule has 1 aromatic heterocycles. The lowest BCUT2D eigenvalue weighted by Gasteiger charge is -2.16. The van der Waals surface area contributed by atoms with Gasteiger partial charge in [-0.2, -0.15) is 0 Å². The maximum Gasteiger partial charge on any atom is 0.0346 e. The Morgan fingerprint density at radius 2 is 1.89 bits per heavy atom. The third-order valence-electron chi connectivity index (χ3n) is 3.42. The van der Waals surface area contributed by atoms with Crippen molar-refractivity contribution >= 4 is 0 Å². The highest BCUT2D eigenvalue weighted by Crippen LogP contribution is 2.28. The third kappa shape index (κ3) is 2.61. The summed E-state index contributed by atoms with van der Waals surface area (Å²) in [6.45, 7) is 8.98. The first-order chi connectivity index (χ1) is 8.59. The summed E-state index contributed by atoms with van der Waals surface area (Å²) >= 11 is 0. The standard InChI is InChI=1S/C17H21N/c1-12(2)10-17-13(3)7-8-16(14(17)4)15-6-5-9-18-11-15/h5-9,11-12H,10H2,1-4H3. The van der Waals surface area contributed by atoms with Crippen LogP contribution in [0.15, 0.2) is 36.7 Å². The van der Waals surface area contributed by atoms with Gasteiger partial charge in [-0.1, -0.05) is 32.0 Å². The molecule has 0 aliphatic carbocycles. The Morgan fingerprint density at radius 3 is 2.50 bits per heavy atom. The number of nitrogens with zero attached hydrogens (tertiary/aromatic N) is 1. The summed E-state index contributed by atoms with van der Waals surface area (Å²) in [6.07, 6.45) is 4.91. The Hall–Kier alpha value is -1.63. The fourth-order valence-corrected chi connectivity index (χ4v) is 2.45. The molecular weight excluding hydrogens is 218 g/mol. The molecule has 0 N–H and O–H groups in total. The number of hydrogen-bond acceptors (Lipinski definition) is 1. The van der Waals surface area contributed by atoms with Gasteiger partial charge in [-0.25, -0.2) is 0 Å². The molecule has 0 saturated heterocycles. The van der Waals surface area contributed by atoms with E-state index in [-0.39, 0.29) is 0 Å². The molecule has 0 unspecified atom stereocenters. The Kier molecular flexibility index (Phi) is 3.81. The molecule has 1 heteroatoms. The van der Waals surface area contributed by atoms with E-state index in [0.717, 1.165) is 6.42 Å². The average molecular weight is 239 g/mol. The first-order valence-corrected chi connectivity index (χ1v) is 6.59. The van der Waals surface area contributed by atoms with Gasteiger partial charge in [0.05, 0.1) is 0 Å². The van der Waals surface area contributed by atoms with Crippen molar-refractivity contribution in [3.05, 3.63) is 53.3 Å². The molecule has 0 atom stereocenters. The van der Waals surface area contributed by atoms with Gasteiger partial charge in [0, 0.05) is 18.0 Å². The van der Waals surface area contributed by atoms with Crippen LogP contribution >= 0.6 is 0 Å². The van der Waals surface area contributed by atoms with Crippen LogP contribution in [0.4, 0.5) is 0 Å². The zero-order valence-electron chi connectivity index (χ0n) is 11.7. The van der Waals surface area contributed by atoms with Gasteiger partial charge in [0.15, 0.2) is 0 Å². The largest absolute Gasteiger partial charge is 0.264 e. The summed E-state index contributed by atoms with van der Waals surface area (Å²) in [5, 5.41) is 0. The minimum absolute atomic E-state index is 0.687. The number of aromatic nitrogens is 1. The van der Waals surface area contributed by atoms with Gasteiger partial charge in [-0.05, 0) is 54.5 Å². The molecule has 0 bridgehead atoms. The molecule has 1 nitrogen and oxygen atoms in total. The van der Waals surface area contributed by atoms with Crippen molar-refractivity contribution in [1.29, 1.82) is 0 Å². The summed E-state index contributed by atoms with van der Waals surface area (Å²) in [4.78, 5) is 4.22. The van der Waals surface area contributed by atoms with Crippen LogP contribution in [0.1, 0.15) is 30.5 Å². The summed E-state index contributed by atoms with van der Waals surface area (Å²) < 4.78 is 0. The van der Waals surface area contributed by atoms with Gasteiger partial charge >= 0.3 is 0 Å². The minimum Gasteiger partial charge on any atom is -0.264 e. The highest BCUT2D eigenvalue weighted by Gasteiger charge is 2.10. The fraction of sp³-hybridized carbons (Fsp3) is 0.353. The van der Waals surface area contributed by atoms with Crippen LogP contribution in [0.5, 0.6) is 0 Å². The van der Waals surface area contributed by atoms with Crippen molar-refractivity contribution in [3.63, 3.8) is 0 Å². The Bertz CT molecular complexity index is 527. The van der Waals surface area contributed by atoms with Crippen LogP contribution in [0.25, 0.3) is 11.1 Å². The van der Waals surface area contributed by atoms with E-state index in [1.54, 1.807) is 0 Å². The average Bonchev–Trinajstić information content (AvgIpc) is 2.35. The summed E-state index contributed by atoms with van der Waals surface area (Å²) in [5.74, 6) is 0.687. The smallest absolute Gasteiger partial charge is 0.0346 e. The first-order valence-electron chi connectivity index (χ1n) is 6.59. The number of rotatable bonds is 3. The highest BCUT2D eigenvalue weighted by atomic mass is 14.6. The van der Waals surface area contributed by atoms with Crippen molar-refractivity contribution in [1.82, 2.24) is 4.98 Å². The molecular formula is C17H21N. The van der Waals surface area contributed by atoms with E-state index in [4.69, 9.17) is 0 Å². The van der Waals surface area contributed by atoms with Gasteiger partial charge in [-0.15, -0.1) is 0 Å². The molecule has 1 aromatic carbocycles. The van der Waals surface area contributed by atoms with Gasteiger partial charge in [0.1, 0.15) is 0 Å². The zero-order valence-corrected chi connectivity index (χ0v) is 11.7. The van der Waals surface area contributed by atoms with E-state index in [1.807, 2.05) is 18.5 Å². The second-order valence-electron chi connectivity index (χ2n) is 5.37. The summed E-state index contributed by atoms with van der Waals surface area (Å²) in [5.41, 5.74) is 6.81. The summed E-state index contributed by atoms with van der Waals surface area (Å²) in [6, 6.07) is 8.57. The predicted octanol–water partition coefficient (Wildman–Crippen LogP) is 4.56. The fourth-order valence-electron chi connectivity index (χ4n) is 2.45. The second-order valence-corrected chi connectivity index (χ2v) is 5.37. The van der Waals surface area contributed by atoms with Gasteiger partial charge in [-0.3, -0.25) is 4.98 Å². The SMILES string of the molecule is Cc1ccc(-c2cccnc2)c(C)c1CC(C)C. The maximum atomic E-state index is 4.22. The molecule has 0 saturated carbocycles. The Morgan fingerprint density at radius 1 is 1.11 bits per heavy atom. The molecule has 0 aliphatic rings. The van der Waals surface area contributed by atoms with Gasteiger partial charge in [0.2, 0.25) is 0 Å². The quantitative estimate of drug-likeness (QED) is 0.765.